The Morgan fingerprint density at radius 1 is 0.348 bits per heavy atom. The van der Waals surface area contributed by atoms with Gasteiger partial charge >= 0.3 is 0 Å². The summed E-state index contributed by atoms with van der Waals surface area (Å²) in [4.78, 5) is 0. The quantitative estimate of drug-likeness (QED) is 0.117. The molecular formula is C42H52O4. The number of rotatable bonds is 16. The molecule has 0 heterocycles. The van der Waals surface area contributed by atoms with Crippen LogP contribution in [0.3, 0.4) is 0 Å². The second-order valence-electron chi connectivity index (χ2n) is 12.2. The molecule has 0 aliphatic carbocycles. The van der Waals surface area contributed by atoms with E-state index in [0.29, 0.717) is 0 Å². The fourth-order valence-electron chi connectivity index (χ4n) is 4.97. The minimum absolute atomic E-state index is 0.154. The average molecular weight is 621 g/mol. The van der Waals surface area contributed by atoms with Gasteiger partial charge in [0.1, 0.15) is 23.0 Å². The van der Waals surface area contributed by atoms with Crippen LogP contribution in [0.15, 0.2) is 97.1 Å². The van der Waals surface area contributed by atoms with Crippen LogP contribution in [-0.2, 0) is 0 Å². The predicted octanol–water partition coefficient (Wildman–Crippen LogP) is 11.4. The largest absolute Gasteiger partial charge is 0.491 e. The number of hydrogen-bond acceptors (Lipinski definition) is 4. The molecule has 244 valence electrons. The van der Waals surface area contributed by atoms with E-state index in [1.807, 2.05) is 0 Å². The molecule has 0 fully saturated rings. The van der Waals surface area contributed by atoms with Crippen LogP contribution in [-0.4, -0.2) is 24.4 Å². The van der Waals surface area contributed by atoms with Gasteiger partial charge in [-0.3, -0.25) is 0 Å². The zero-order chi connectivity index (χ0) is 33.1. The summed E-state index contributed by atoms with van der Waals surface area (Å²) >= 11 is 0. The third-order valence-electron chi connectivity index (χ3n) is 8.47. The van der Waals surface area contributed by atoms with E-state index in [4.69, 9.17) is 18.9 Å². The van der Waals surface area contributed by atoms with Gasteiger partial charge in [-0.25, -0.2) is 0 Å². The first kappa shape index (κ1) is 34.7. The molecule has 0 spiro atoms. The summed E-state index contributed by atoms with van der Waals surface area (Å²) in [5.41, 5.74) is 6.64. The van der Waals surface area contributed by atoms with Crippen molar-refractivity contribution in [2.24, 2.45) is 0 Å². The van der Waals surface area contributed by atoms with Crippen LogP contribution in [0, 0.1) is 0 Å². The zero-order valence-electron chi connectivity index (χ0n) is 29.0. The molecule has 4 rings (SSSR count). The Morgan fingerprint density at radius 3 is 0.674 bits per heavy atom. The summed E-state index contributed by atoms with van der Waals surface area (Å²) in [6.07, 6.45) is 4.43. The van der Waals surface area contributed by atoms with Crippen molar-refractivity contribution in [1.82, 2.24) is 0 Å². The summed E-state index contributed by atoms with van der Waals surface area (Å²) in [6, 6.07) is 33.9. The van der Waals surface area contributed by atoms with Gasteiger partial charge in [-0.2, -0.15) is 0 Å². The molecular weight excluding hydrogens is 568 g/mol. The lowest BCUT2D eigenvalue weighted by atomic mass is 9.85. The maximum Gasteiger partial charge on any atom is 0.119 e. The van der Waals surface area contributed by atoms with E-state index >= 15 is 0 Å². The van der Waals surface area contributed by atoms with Gasteiger partial charge in [0.25, 0.3) is 0 Å². The minimum Gasteiger partial charge on any atom is -0.491 e. The Bertz CT molecular complexity index is 1270. The third kappa shape index (κ3) is 9.42. The van der Waals surface area contributed by atoms with Gasteiger partial charge in [-0.05, 0) is 135 Å². The van der Waals surface area contributed by atoms with Gasteiger partial charge in [0, 0.05) is 0 Å². The van der Waals surface area contributed by atoms with Gasteiger partial charge in [0.2, 0.25) is 0 Å². The monoisotopic (exact) mass is 620 g/mol. The SMILES string of the molecule is CC[C@@H](C)Oc1ccc(C(=C(c2ccc(O[C@H](C)CC)cc2)c2ccc(O[C@H](C)CC)cc2)c2ccc(O[C@H](C)CC)cc2)cc1. The number of hydrogen-bond donors (Lipinski definition) is 0. The highest BCUT2D eigenvalue weighted by molar-refractivity contribution is 6.04. The lowest BCUT2D eigenvalue weighted by Crippen LogP contribution is -2.10. The molecule has 0 bridgehead atoms. The van der Waals surface area contributed by atoms with E-state index in [9.17, 15) is 0 Å². The minimum atomic E-state index is 0.154. The van der Waals surface area contributed by atoms with Crippen molar-refractivity contribution in [3.8, 4) is 23.0 Å². The lowest BCUT2D eigenvalue weighted by Gasteiger charge is -2.21. The Kier molecular flexibility index (Phi) is 12.8. The van der Waals surface area contributed by atoms with Gasteiger partial charge < -0.3 is 18.9 Å². The predicted molar refractivity (Wildman–Crippen MR) is 192 cm³/mol. The van der Waals surface area contributed by atoms with Crippen LogP contribution in [0.25, 0.3) is 11.1 Å². The number of ether oxygens (including phenoxy) is 4. The molecule has 4 aromatic rings. The molecule has 0 aromatic heterocycles. The van der Waals surface area contributed by atoms with Crippen LogP contribution in [0.2, 0.25) is 0 Å². The molecule has 0 N–H and O–H groups in total. The Balaban J connectivity index is 1.91. The van der Waals surface area contributed by atoms with Crippen molar-refractivity contribution in [2.45, 2.75) is 105 Å². The Morgan fingerprint density at radius 2 is 0.522 bits per heavy atom. The maximum atomic E-state index is 6.14. The van der Waals surface area contributed by atoms with Gasteiger partial charge in [0.15, 0.2) is 0 Å². The van der Waals surface area contributed by atoms with E-state index in [1.54, 1.807) is 0 Å². The topological polar surface area (TPSA) is 36.9 Å². The maximum absolute atomic E-state index is 6.14. The van der Waals surface area contributed by atoms with Crippen molar-refractivity contribution >= 4 is 11.1 Å². The van der Waals surface area contributed by atoms with Crippen molar-refractivity contribution in [3.63, 3.8) is 0 Å². The molecule has 0 saturated heterocycles. The standard InChI is InChI=1S/C42H52O4/c1-9-29(5)43-37-21-13-33(14-22-37)41(34-15-23-38(24-16-34)44-30(6)10-2)42(35-17-25-39(26-18-35)45-31(7)11-3)36-19-27-40(28-20-36)46-32(8)12-4/h13-32H,9-12H2,1-8H3/t29-,30-,31-,32-/m1/s1. The first-order valence-corrected chi connectivity index (χ1v) is 17.1. The first-order valence-electron chi connectivity index (χ1n) is 17.1. The van der Waals surface area contributed by atoms with E-state index in [-0.39, 0.29) is 24.4 Å². The normalized spacial score (nSPS) is 13.7. The Labute approximate surface area is 277 Å². The smallest absolute Gasteiger partial charge is 0.119 e. The summed E-state index contributed by atoms with van der Waals surface area (Å²) < 4.78 is 24.6. The summed E-state index contributed by atoms with van der Waals surface area (Å²) in [5, 5.41) is 0. The molecule has 0 amide bonds. The summed E-state index contributed by atoms with van der Waals surface area (Å²) in [5.74, 6) is 3.48. The molecule has 0 aliphatic heterocycles. The zero-order valence-corrected chi connectivity index (χ0v) is 29.0. The molecule has 4 heteroatoms. The second kappa shape index (κ2) is 16.9. The molecule has 4 atom stereocenters. The van der Waals surface area contributed by atoms with Gasteiger partial charge in [-0.15, -0.1) is 0 Å². The highest BCUT2D eigenvalue weighted by atomic mass is 16.5. The molecule has 4 aromatic carbocycles. The van der Waals surface area contributed by atoms with Crippen LogP contribution < -0.4 is 18.9 Å². The van der Waals surface area contributed by atoms with E-state index in [1.165, 1.54) is 0 Å². The number of benzene rings is 4. The van der Waals surface area contributed by atoms with Crippen molar-refractivity contribution in [3.05, 3.63) is 119 Å². The fraction of sp³-hybridized carbons (Fsp3) is 0.381. The molecule has 0 radical (unpaired) electrons. The first-order chi connectivity index (χ1) is 22.2. The molecule has 0 saturated carbocycles. The fourth-order valence-corrected chi connectivity index (χ4v) is 4.97. The molecule has 46 heavy (non-hydrogen) atoms. The van der Waals surface area contributed by atoms with E-state index < -0.39 is 0 Å². The molecule has 0 unspecified atom stereocenters. The third-order valence-corrected chi connectivity index (χ3v) is 8.47. The highest BCUT2D eigenvalue weighted by Gasteiger charge is 2.18. The van der Waals surface area contributed by atoms with E-state index in [2.05, 4.69) is 152 Å². The highest BCUT2D eigenvalue weighted by Crippen LogP contribution is 2.39. The van der Waals surface area contributed by atoms with E-state index in [0.717, 1.165) is 82.1 Å². The summed E-state index contributed by atoms with van der Waals surface area (Å²) in [7, 11) is 0. The summed E-state index contributed by atoms with van der Waals surface area (Å²) in [6.45, 7) is 17.0. The van der Waals surface area contributed by atoms with Crippen LogP contribution in [0.1, 0.15) is 103 Å². The van der Waals surface area contributed by atoms with Gasteiger partial charge in [0.05, 0.1) is 24.4 Å². The lowest BCUT2D eigenvalue weighted by molar-refractivity contribution is 0.217. The van der Waals surface area contributed by atoms with Crippen LogP contribution in [0.4, 0.5) is 0 Å². The van der Waals surface area contributed by atoms with Crippen LogP contribution in [0.5, 0.6) is 23.0 Å². The van der Waals surface area contributed by atoms with Gasteiger partial charge in [-0.1, -0.05) is 76.2 Å². The van der Waals surface area contributed by atoms with Crippen molar-refractivity contribution < 1.29 is 18.9 Å². The Hall–Kier alpha value is -4.18. The van der Waals surface area contributed by atoms with Crippen LogP contribution >= 0.6 is 0 Å². The second-order valence-corrected chi connectivity index (χ2v) is 12.2. The van der Waals surface area contributed by atoms with Crippen molar-refractivity contribution in [2.75, 3.05) is 0 Å². The molecule has 0 aliphatic rings. The van der Waals surface area contributed by atoms with Crippen molar-refractivity contribution in [1.29, 1.82) is 0 Å². The average Bonchev–Trinajstić information content (AvgIpc) is 3.08. The molecule has 4 nitrogen and oxygen atoms in total.